The van der Waals surface area contributed by atoms with E-state index in [4.69, 9.17) is 15.7 Å². The van der Waals surface area contributed by atoms with Crippen LogP contribution in [0.5, 0.6) is 5.75 Å². The second-order valence-electron chi connectivity index (χ2n) is 7.27. The molecule has 0 aliphatic heterocycles. The van der Waals surface area contributed by atoms with Crippen LogP contribution in [0.4, 0.5) is 13.2 Å². The van der Waals surface area contributed by atoms with E-state index in [1.807, 2.05) is 12.1 Å². The molecule has 0 bridgehead atoms. The Bertz CT molecular complexity index is 875. The van der Waals surface area contributed by atoms with Crippen LogP contribution in [-0.4, -0.2) is 35.6 Å². The van der Waals surface area contributed by atoms with Gasteiger partial charge in [-0.1, -0.05) is 18.2 Å². The molecule has 0 heterocycles. The third kappa shape index (κ3) is 6.73. The van der Waals surface area contributed by atoms with E-state index in [1.165, 1.54) is 12.1 Å². The fourth-order valence-electron chi connectivity index (χ4n) is 2.94. The predicted molar refractivity (Wildman–Crippen MR) is 106 cm³/mol. The van der Waals surface area contributed by atoms with Gasteiger partial charge < -0.3 is 20.7 Å². The van der Waals surface area contributed by atoms with Crippen molar-refractivity contribution in [3.8, 4) is 11.8 Å². The minimum atomic E-state index is -4.58. The highest BCUT2D eigenvalue weighted by molar-refractivity contribution is 5.39. The van der Waals surface area contributed by atoms with E-state index in [0.29, 0.717) is 24.0 Å². The fraction of sp³-hybridized carbons (Fsp3) is 0.409. The van der Waals surface area contributed by atoms with Gasteiger partial charge in [-0.25, -0.2) is 0 Å². The van der Waals surface area contributed by atoms with Crippen molar-refractivity contribution in [1.82, 2.24) is 0 Å². The number of aliphatic hydroxyl groups excluding tert-OH is 2. The Morgan fingerprint density at radius 2 is 1.70 bits per heavy atom. The highest BCUT2D eigenvalue weighted by atomic mass is 19.4. The van der Waals surface area contributed by atoms with Crippen molar-refractivity contribution in [1.29, 1.82) is 5.26 Å². The van der Waals surface area contributed by atoms with Crippen molar-refractivity contribution in [2.24, 2.45) is 5.73 Å². The lowest BCUT2D eigenvalue weighted by Gasteiger charge is -2.24. The van der Waals surface area contributed by atoms with E-state index >= 15 is 0 Å². The van der Waals surface area contributed by atoms with Crippen LogP contribution in [0.3, 0.4) is 0 Å². The number of alkyl halides is 3. The van der Waals surface area contributed by atoms with Crippen molar-refractivity contribution >= 4 is 0 Å². The van der Waals surface area contributed by atoms with E-state index in [0.717, 1.165) is 11.6 Å². The monoisotopic (exact) mass is 422 g/mol. The maximum absolute atomic E-state index is 13.5. The van der Waals surface area contributed by atoms with Crippen LogP contribution in [0.15, 0.2) is 42.5 Å². The van der Waals surface area contributed by atoms with Crippen LogP contribution < -0.4 is 10.5 Å². The lowest BCUT2D eigenvalue weighted by molar-refractivity contribution is -0.139. The molecule has 4 N–H and O–H groups in total. The molecule has 0 aliphatic rings. The summed E-state index contributed by atoms with van der Waals surface area (Å²) in [5.74, 6) is -0.250. The zero-order valence-corrected chi connectivity index (χ0v) is 16.5. The van der Waals surface area contributed by atoms with E-state index in [2.05, 4.69) is 0 Å². The summed E-state index contributed by atoms with van der Waals surface area (Å²) in [5.41, 5.74) is 5.51. The first-order valence-electron chi connectivity index (χ1n) is 9.53. The Balaban J connectivity index is 2.02. The Morgan fingerprint density at radius 1 is 1.00 bits per heavy atom. The molecule has 0 aromatic heterocycles. The number of ether oxygens (including phenoxy) is 1. The summed E-state index contributed by atoms with van der Waals surface area (Å²) in [6, 6.07) is 12.9. The molecule has 0 aliphatic carbocycles. The lowest BCUT2D eigenvalue weighted by Crippen LogP contribution is -2.47. The van der Waals surface area contributed by atoms with Gasteiger partial charge in [0.2, 0.25) is 0 Å². The van der Waals surface area contributed by atoms with Gasteiger partial charge in [-0.15, -0.1) is 0 Å². The number of halogens is 3. The quantitative estimate of drug-likeness (QED) is 0.511. The smallest absolute Gasteiger partial charge is 0.419 e. The van der Waals surface area contributed by atoms with Crippen molar-refractivity contribution in [3.63, 3.8) is 0 Å². The lowest BCUT2D eigenvalue weighted by atomic mass is 9.93. The van der Waals surface area contributed by atoms with Gasteiger partial charge in [-0.3, -0.25) is 0 Å². The van der Waals surface area contributed by atoms with Crippen molar-refractivity contribution in [2.75, 3.05) is 19.8 Å². The Hall–Kier alpha value is -2.60. The zero-order chi connectivity index (χ0) is 22.2. The van der Waals surface area contributed by atoms with Crippen LogP contribution in [0.25, 0.3) is 0 Å². The average molecular weight is 422 g/mol. The molecule has 30 heavy (non-hydrogen) atoms. The molecular weight excluding hydrogens is 397 g/mol. The highest BCUT2D eigenvalue weighted by Gasteiger charge is 2.35. The number of hydrogen-bond donors (Lipinski definition) is 3. The molecule has 0 radical (unpaired) electrons. The van der Waals surface area contributed by atoms with Gasteiger partial charge in [-0.05, 0) is 61.1 Å². The fourth-order valence-corrected chi connectivity index (χ4v) is 2.94. The number of rotatable bonds is 10. The van der Waals surface area contributed by atoms with Gasteiger partial charge in [0.1, 0.15) is 5.75 Å². The predicted octanol–water partition coefficient (Wildman–Crippen LogP) is 3.20. The van der Waals surface area contributed by atoms with Crippen molar-refractivity contribution < 1.29 is 28.1 Å². The van der Waals surface area contributed by atoms with E-state index in [9.17, 15) is 23.4 Å². The van der Waals surface area contributed by atoms with E-state index < -0.39 is 30.5 Å². The summed E-state index contributed by atoms with van der Waals surface area (Å²) in [7, 11) is 0. The minimum absolute atomic E-state index is 0.0974. The van der Waals surface area contributed by atoms with Crippen molar-refractivity contribution in [2.45, 2.75) is 37.4 Å². The molecule has 5 nitrogen and oxygen atoms in total. The second-order valence-corrected chi connectivity index (χ2v) is 7.27. The minimum Gasteiger partial charge on any atom is -0.493 e. The summed E-state index contributed by atoms with van der Waals surface area (Å²) in [6.45, 7) is -0.831. The SMILES string of the molecule is N#Cc1cccc(CCCOc2ccc(CCC(N)(CO)CO)cc2C(F)(F)F)c1. The molecule has 0 atom stereocenters. The average Bonchev–Trinajstić information content (AvgIpc) is 2.75. The standard InChI is InChI=1S/C22H25F3N2O3/c23-22(24,25)19-12-17(8-9-21(27,14-28)15-29)6-7-20(19)30-10-2-5-16-3-1-4-18(11-16)13-26/h1,3-4,6-7,11-12,28-29H,2,5,8-10,14-15,27H2. The van der Waals surface area contributed by atoms with Gasteiger partial charge in [0.05, 0.1) is 42.6 Å². The maximum atomic E-state index is 13.5. The number of nitrogens with zero attached hydrogens (tertiary/aromatic N) is 1. The zero-order valence-electron chi connectivity index (χ0n) is 16.5. The molecule has 0 amide bonds. The van der Waals surface area contributed by atoms with Crippen LogP contribution in [0, 0.1) is 11.3 Å². The molecule has 2 rings (SSSR count). The molecule has 0 saturated heterocycles. The molecule has 0 unspecified atom stereocenters. The first kappa shape index (κ1) is 23.7. The van der Waals surface area contributed by atoms with Crippen LogP contribution in [0.1, 0.15) is 35.1 Å². The number of benzene rings is 2. The molecule has 162 valence electrons. The molecule has 0 spiro atoms. The van der Waals surface area contributed by atoms with Gasteiger partial charge >= 0.3 is 6.18 Å². The van der Waals surface area contributed by atoms with Gasteiger partial charge in [-0.2, -0.15) is 18.4 Å². The van der Waals surface area contributed by atoms with E-state index in [-0.39, 0.29) is 25.2 Å². The van der Waals surface area contributed by atoms with Crippen molar-refractivity contribution in [3.05, 3.63) is 64.7 Å². The first-order chi connectivity index (χ1) is 14.2. The summed E-state index contributed by atoms with van der Waals surface area (Å²) >= 11 is 0. The number of nitrogens with two attached hydrogens (primary N) is 1. The summed E-state index contributed by atoms with van der Waals surface area (Å²) in [4.78, 5) is 0. The Morgan fingerprint density at radius 3 is 2.33 bits per heavy atom. The third-order valence-electron chi connectivity index (χ3n) is 4.81. The number of nitriles is 1. The molecule has 2 aromatic carbocycles. The maximum Gasteiger partial charge on any atom is 0.419 e. The van der Waals surface area contributed by atoms with Gasteiger partial charge in [0.25, 0.3) is 0 Å². The summed E-state index contributed by atoms with van der Waals surface area (Å²) in [5, 5.41) is 27.4. The molecule has 2 aromatic rings. The van der Waals surface area contributed by atoms with Crippen LogP contribution in [0.2, 0.25) is 0 Å². The topological polar surface area (TPSA) is 99.5 Å². The number of hydrogen-bond acceptors (Lipinski definition) is 5. The molecule has 0 saturated carbocycles. The summed E-state index contributed by atoms with van der Waals surface area (Å²) in [6.07, 6.45) is -3.19. The number of aliphatic hydroxyl groups is 2. The number of aryl methyl sites for hydroxylation is 2. The first-order valence-corrected chi connectivity index (χ1v) is 9.53. The van der Waals surface area contributed by atoms with Gasteiger partial charge in [0, 0.05) is 0 Å². The Labute approximate surface area is 173 Å². The highest BCUT2D eigenvalue weighted by Crippen LogP contribution is 2.37. The molecule has 8 heteroatoms. The van der Waals surface area contributed by atoms with Crippen LogP contribution >= 0.6 is 0 Å². The molecular formula is C22H25F3N2O3. The largest absolute Gasteiger partial charge is 0.493 e. The third-order valence-corrected chi connectivity index (χ3v) is 4.81. The van der Waals surface area contributed by atoms with E-state index in [1.54, 1.807) is 18.2 Å². The summed E-state index contributed by atoms with van der Waals surface area (Å²) < 4.78 is 45.8. The molecule has 0 fully saturated rings. The normalized spacial score (nSPS) is 11.9. The van der Waals surface area contributed by atoms with Gasteiger partial charge in [0.15, 0.2) is 0 Å². The Kier molecular flexibility index (Phi) is 8.24. The van der Waals surface area contributed by atoms with Crippen LogP contribution in [-0.2, 0) is 19.0 Å². The second kappa shape index (κ2) is 10.4.